The minimum absolute atomic E-state index is 0.0941. The maximum absolute atomic E-state index is 12.1. The van der Waals surface area contributed by atoms with Crippen LogP contribution in [0, 0.1) is 20.8 Å². The monoisotopic (exact) mass is 479 g/mol. The first-order valence-electron chi connectivity index (χ1n) is 11.4. The van der Waals surface area contributed by atoms with E-state index in [1.54, 1.807) is 30.6 Å². The molecule has 0 radical (unpaired) electrons. The van der Waals surface area contributed by atoms with E-state index in [1.807, 2.05) is 61.9 Å². The number of nitrogens with one attached hydrogen (secondary N) is 1. The number of anilines is 2. The lowest BCUT2D eigenvalue weighted by Gasteiger charge is -2.18. The lowest BCUT2D eigenvalue weighted by atomic mass is 9.99. The number of fused-ring (bicyclic) bond motifs is 1. The first-order valence-corrected chi connectivity index (χ1v) is 11.4. The summed E-state index contributed by atoms with van der Waals surface area (Å²) in [5, 5.41) is 18.2. The van der Waals surface area contributed by atoms with Crippen molar-refractivity contribution in [1.29, 1.82) is 0 Å². The molecule has 0 saturated heterocycles. The summed E-state index contributed by atoms with van der Waals surface area (Å²) < 4.78 is 7.36. The number of rotatable bonds is 6. The van der Waals surface area contributed by atoms with Gasteiger partial charge in [-0.3, -0.25) is 9.97 Å². The summed E-state index contributed by atoms with van der Waals surface area (Å²) >= 11 is 0. The van der Waals surface area contributed by atoms with Crippen LogP contribution in [-0.2, 0) is 0 Å². The van der Waals surface area contributed by atoms with Crippen molar-refractivity contribution in [3.05, 3.63) is 89.4 Å². The SMILES string of the molecule is COc1cccc(C(=O)O)c1Nc1c(-c2cc3nccnc3cc2C)c(C)nn1-c1ccccc1C. The van der Waals surface area contributed by atoms with Gasteiger partial charge in [0.05, 0.1) is 40.8 Å². The van der Waals surface area contributed by atoms with Gasteiger partial charge in [-0.2, -0.15) is 5.10 Å². The fourth-order valence-corrected chi connectivity index (χ4v) is 4.45. The topological polar surface area (TPSA) is 102 Å². The van der Waals surface area contributed by atoms with Gasteiger partial charge in [0.2, 0.25) is 0 Å². The fraction of sp³-hybridized carbons (Fsp3) is 0.143. The zero-order valence-corrected chi connectivity index (χ0v) is 20.4. The van der Waals surface area contributed by atoms with E-state index in [2.05, 4.69) is 15.3 Å². The standard InChI is InChI=1S/C28H25N5O3/c1-16-8-5-6-10-23(16)33-27(31-26-19(28(34)35)9-7-11-24(26)36-4)25(18(3)32-33)20-15-22-21(14-17(20)2)29-12-13-30-22/h5-15,31H,1-4H3,(H,34,35). The average molecular weight is 480 g/mol. The Hall–Kier alpha value is -4.72. The van der Waals surface area contributed by atoms with E-state index in [9.17, 15) is 9.90 Å². The van der Waals surface area contributed by atoms with Crippen molar-refractivity contribution < 1.29 is 14.6 Å². The van der Waals surface area contributed by atoms with Gasteiger partial charge in [-0.1, -0.05) is 24.3 Å². The molecular formula is C28H25N5O3. The maximum atomic E-state index is 12.1. The summed E-state index contributed by atoms with van der Waals surface area (Å²) in [5.41, 5.74) is 7.44. The molecule has 0 aliphatic rings. The van der Waals surface area contributed by atoms with Gasteiger partial charge in [0, 0.05) is 18.0 Å². The first-order chi connectivity index (χ1) is 17.4. The number of carbonyl (C=O) groups is 1. The van der Waals surface area contributed by atoms with Crippen LogP contribution in [0.3, 0.4) is 0 Å². The van der Waals surface area contributed by atoms with Crippen LogP contribution >= 0.6 is 0 Å². The lowest BCUT2D eigenvalue weighted by molar-refractivity contribution is 0.0697. The highest BCUT2D eigenvalue weighted by Gasteiger charge is 2.24. The lowest BCUT2D eigenvalue weighted by Crippen LogP contribution is -2.09. The normalized spacial score (nSPS) is 11.0. The molecule has 2 aromatic heterocycles. The van der Waals surface area contributed by atoms with Crippen molar-refractivity contribution in [3.63, 3.8) is 0 Å². The number of methoxy groups -OCH3 is 1. The number of carboxylic acids is 1. The van der Waals surface area contributed by atoms with Gasteiger partial charge >= 0.3 is 5.97 Å². The number of carboxylic acid groups (broad SMARTS) is 1. The number of para-hydroxylation sites is 2. The Bertz CT molecular complexity index is 1620. The summed E-state index contributed by atoms with van der Waals surface area (Å²) in [4.78, 5) is 21.0. The Morgan fingerprint density at radius 3 is 2.36 bits per heavy atom. The molecule has 0 bridgehead atoms. The number of benzene rings is 3. The molecule has 2 N–H and O–H groups in total. The number of ether oxygens (including phenoxy) is 1. The Balaban J connectivity index is 1.82. The van der Waals surface area contributed by atoms with Gasteiger partial charge < -0.3 is 15.2 Å². The highest BCUT2D eigenvalue weighted by atomic mass is 16.5. The van der Waals surface area contributed by atoms with Gasteiger partial charge in [-0.05, 0) is 67.8 Å². The van der Waals surface area contributed by atoms with Gasteiger partial charge in [0.15, 0.2) is 0 Å². The molecule has 0 atom stereocenters. The first kappa shape index (κ1) is 23.0. The molecule has 36 heavy (non-hydrogen) atoms. The number of aromatic nitrogens is 4. The zero-order valence-electron chi connectivity index (χ0n) is 20.4. The van der Waals surface area contributed by atoms with Gasteiger partial charge in [-0.25, -0.2) is 9.48 Å². The molecule has 180 valence electrons. The minimum Gasteiger partial charge on any atom is -0.495 e. The van der Waals surface area contributed by atoms with E-state index in [0.717, 1.165) is 44.7 Å². The van der Waals surface area contributed by atoms with Gasteiger partial charge in [0.25, 0.3) is 0 Å². The molecule has 8 nitrogen and oxygen atoms in total. The van der Waals surface area contributed by atoms with Crippen molar-refractivity contribution >= 4 is 28.5 Å². The largest absolute Gasteiger partial charge is 0.495 e. The van der Waals surface area contributed by atoms with E-state index in [0.29, 0.717) is 17.3 Å². The van der Waals surface area contributed by atoms with Crippen LogP contribution in [-0.4, -0.2) is 37.9 Å². The Morgan fingerprint density at radius 2 is 1.67 bits per heavy atom. The molecular weight excluding hydrogens is 454 g/mol. The van der Waals surface area contributed by atoms with Crippen molar-refractivity contribution in [3.8, 4) is 22.6 Å². The van der Waals surface area contributed by atoms with E-state index < -0.39 is 5.97 Å². The molecule has 0 fully saturated rings. The number of nitrogens with zero attached hydrogens (tertiary/aromatic N) is 4. The Labute approximate surface area is 208 Å². The number of aromatic carboxylic acids is 1. The fourth-order valence-electron chi connectivity index (χ4n) is 4.45. The van der Waals surface area contributed by atoms with Crippen LogP contribution in [0.25, 0.3) is 27.8 Å². The maximum Gasteiger partial charge on any atom is 0.337 e. The summed E-state index contributed by atoms with van der Waals surface area (Å²) in [6.07, 6.45) is 3.34. The summed E-state index contributed by atoms with van der Waals surface area (Å²) in [6.45, 7) is 5.97. The predicted octanol–water partition coefficient (Wildman–Crippen LogP) is 5.86. The van der Waals surface area contributed by atoms with E-state index in [-0.39, 0.29) is 5.56 Å². The minimum atomic E-state index is -1.06. The van der Waals surface area contributed by atoms with Gasteiger partial charge in [0.1, 0.15) is 11.6 Å². The molecule has 0 aliphatic carbocycles. The highest BCUT2D eigenvalue weighted by molar-refractivity contribution is 5.98. The number of hydrogen-bond acceptors (Lipinski definition) is 6. The summed E-state index contributed by atoms with van der Waals surface area (Å²) in [7, 11) is 1.52. The number of aryl methyl sites for hydroxylation is 3. The quantitative estimate of drug-likeness (QED) is 0.315. The second-order valence-corrected chi connectivity index (χ2v) is 8.53. The number of hydrogen-bond donors (Lipinski definition) is 2. The molecule has 2 heterocycles. The van der Waals surface area contributed by atoms with Crippen LogP contribution in [0.1, 0.15) is 27.2 Å². The molecule has 5 rings (SSSR count). The van der Waals surface area contributed by atoms with E-state index in [1.165, 1.54) is 7.11 Å². The smallest absolute Gasteiger partial charge is 0.337 e. The third kappa shape index (κ3) is 3.92. The van der Waals surface area contributed by atoms with Crippen LogP contribution < -0.4 is 10.1 Å². The third-order valence-electron chi connectivity index (χ3n) is 6.21. The second kappa shape index (κ2) is 9.14. The predicted molar refractivity (Wildman–Crippen MR) is 140 cm³/mol. The highest BCUT2D eigenvalue weighted by Crippen LogP contribution is 2.41. The molecule has 0 aliphatic heterocycles. The van der Waals surface area contributed by atoms with Crippen LogP contribution in [0.5, 0.6) is 5.75 Å². The van der Waals surface area contributed by atoms with Crippen molar-refractivity contribution in [2.75, 3.05) is 12.4 Å². The van der Waals surface area contributed by atoms with Gasteiger partial charge in [-0.15, -0.1) is 0 Å². The molecule has 0 saturated carbocycles. The van der Waals surface area contributed by atoms with Crippen LogP contribution in [0.2, 0.25) is 0 Å². The molecule has 5 aromatic rings. The average Bonchev–Trinajstić information content (AvgIpc) is 3.19. The Morgan fingerprint density at radius 1 is 0.944 bits per heavy atom. The Kier molecular flexibility index (Phi) is 5.85. The van der Waals surface area contributed by atoms with Crippen molar-refractivity contribution in [1.82, 2.24) is 19.7 Å². The molecule has 8 heteroatoms. The van der Waals surface area contributed by atoms with E-state index in [4.69, 9.17) is 9.84 Å². The van der Waals surface area contributed by atoms with Crippen molar-refractivity contribution in [2.45, 2.75) is 20.8 Å². The van der Waals surface area contributed by atoms with Crippen LogP contribution in [0.4, 0.5) is 11.5 Å². The third-order valence-corrected chi connectivity index (χ3v) is 6.21. The van der Waals surface area contributed by atoms with E-state index >= 15 is 0 Å². The molecule has 0 spiro atoms. The van der Waals surface area contributed by atoms with Crippen LogP contribution in [0.15, 0.2) is 67.0 Å². The molecule has 3 aromatic carbocycles. The summed E-state index contributed by atoms with van der Waals surface area (Å²) in [6, 6.07) is 16.8. The van der Waals surface area contributed by atoms with Crippen molar-refractivity contribution in [2.24, 2.45) is 0 Å². The molecule has 0 unspecified atom stereocenters. The summed E-state index contributed by atoms with van der Waals surface area (Å²) in [5.74, 6) is -0.0222. The zero-order chi connectivity index (χ0) is 25.4. The second-order valence-electron chi connectivity index (χ2n) is 8.53. The molecule has 0 amide bonds.